The maximum Gasteiger partial charge on any atom is 0.308 e. The first-order chi connectivity index (χ1) is 16.4. The van der Waals surface area contributed by atoms with Crippen LogP contribution in [0, 0.1) is 0 Å². The molecule has 0 aliphatic carbocycles. The fourth-order valence-corrected chi connectivity index (χ4v) is 3.29. The van der Waals surface area contributed by atoms with Gasteiger partial charge in [-0.1, -0.05) is 41.9 Å². The molecule has 2 amide bonds. The number of ether oxygens (including phenoxy) is 2. The third kappa shape index (κ3) is 7.94. The first-order valence-electron chi connectivity index (χ1n) is 10.7. The fourth-order valence-electron chi connectivity index (χ4n) is 3.09. The van der Waals surface area contributed by atoms with Crippen molar-refractivity contribution in [2.24, 2.45) is 0 Å². The van der Waals surface area contributed by atoms with Gasteiger partial charge in [0.1, 0.15) is 11.5 Å². The molecule has 0 atom stereocenters. The summed E-state index contributed by atoms with van der Waals surface area (Å²) in [5.41, 5.74) is 1.78. The van der Waals surface area contributed by atoms with Crippen LogP contribution < -0.4 is 20.1 Å². The second-order valence-electron chi connectivity index (χ2n) is 7.44. The summed E-state index contributed by atoms with van der Waals surface area (Å²) in [5, 5.41) is 6.21. The highest BCUT2D eigenvalue weighted by Crippen LogP contribution is 2.23. The molecular formula is C26H25ClN2O5. The molecule has 0 saturated carbocycles. The Balaban J connectivity index is 1.45. The predicted molar refractivity (Wildman–Crippen MR) is 130 cm³/mol. The van der Waals surface area contributed by atoms with Gasteiger partial charge in [-0.25, -0.2) is 0 Å². The number of hydrogen-bond acceptors (Lipinski definition) is 5. The van der Waals surface area contributed by atoms with Gasteiger partial charge in [-0.3, -0.25) is 14.4 Å². The Labute approximate surface area is 203 Å². The molecule has 2 N–H and O–H groups in total. The van der Waals surface area contributed by atoms with Crippen molar-refractivity contribution in [1.82, 2.24) is 5.32 Å². The average Bonchev–Trinajstić information content (AvgIpc) is 2.81. The molecule has 0 spiro atoms. The maximum absolute atomic E-state index is 12.6. The number of rotatable bonds is 10. The standard InChI is InChI=1S/C26H25ClN2O5/c1-18(30)34-22-10-5-8-20(16-22)26(32)29-21-9-4-7-19(15-21)17-28-25(31)13-6-14-33-24-12-3-2-11-23(24)27/h2-5,7-12,15-16H,6,13-14,17H2,1H3,(H,28,31)(H,29,32). The maximum atomic E-state index is 12.6. The van der Waals surface area contributed by atoms with E-state index in [4.69, 9.17) is 21.1 Å². The number of amides is 2. The number of carbonyl (C=O) groups excluding carboxylic acids is 3. The van der Waals surface area contributed by atoms with Gasteiger partial charge in [0, 0.05) is 31.1 Å². The monoisotopic (exact) mass is 480 g/mol. The molecule has 8 heteroatoms. The van der Waals surface area contributed by atoms with E-state index >= 15 is 0 Å². The molecule has 0 radical (unpaired) electrons. The lowest BCUT2D eigenvalue weighted by Gasteiger charge is -2.10. The Morgan fingerprint density at radius 3 is 2.53 bits per heavy atom. The van der Waals surface area contributed by atoms with E-state index in [2.05, 4.69) is 10.6 Å². The number of nitrogens with one attached hydrogen (secondary N) is 2. The van der Waals surface area contributed by atoms with E-state index in [9.17, 15) is 14.4 Å². The minimum absolute atomic E-state index is 0.0977. The second kappa shape index (κ2) is 12.4. The van der Waals surface area contributed by atoms with E-state index in [1.165, 1.54) is 13.0 Å². The molecule has 34 heavy (non-hydrogen) atoms. The van der Waals surface area contributed by atoms with Crippen LogP contribution in [0.25, 0.3) is 0 Å². The van der Waals surface area contributed by atoms with Gasteiger partial charge in [0.2, 0.25) is 5.91 Å². The highest BCUT2D eigenvalue weighted by molar-refractivity contribution is 6.32. The smallest absolute Gasteiger partial charge is 0.308 e. The summed E-state index contributed by atoms with van der Waals surface area (Å²) in [6, 6.07) is 20.8. The highest BCUT2D eigenvalue weighted by Gasteiger charge is 2.09. The minimum atomic E-state index is -0.458. The lowest BCUT2D eigenvalue weighted by Crippen LogP contribution is -2.23. The summed E-state index contributed by atoms with van der Waals surface area (Å²) in [6.45, 7) is 2.01. The molecule has 0 fully saturated rings. The zero-order valence-electron chi connectivity index (χ0n) is 18.7. The van der Waals surface area contributed by atoms with Crippen LogP contribution in [0.4, 0.5) is 5.69 Å². The number of esters is 1. The third-order valence-electron chi connectivity index (χ3n) is 4.67. The molecule has 0 heterocycles. The molecule has 3 aromatic carbocycles. The molecule has 3 rings (SSSR count). The number of hydrogen-bond donors (Lipinski definition) is 2. The van der Waals surface area contributed by atoms with Crippen molar-refractivity contribution in [3.63, 3.8) is 0 Å². The summed E-state index contributed by atoms with van der Waals surface area (Å²) < 4.78 is 10.6. The summed E-state index contributed by atoms with van der Waals surface area (Å²) in [7, 11) is 0. The van der Waals surface area contributed by atoms with Gasteiger partial charge in [0.05, 0.1) is 11.6 Å². The van der Waals surface area contributed by atoms with Crippen LogP contribution in [-0.4, -0.2) is 24.4 Å². The predicted octanol–water partition coefficient (Wildman–Crippen LogP) is 4.99. The van der Waals surface area contributed by atoms with Gasteiger partial charge in [-0.2, -0.15) is 0 Å². The number of benzene rings is 3. The molecule has 3 aromatic rings. The zero-order valence-corrected chi connectivity index (χ0v) is 19.4. The Hall–Kier alpha value is -3.84. The zero-order chi connectivity index (χ0) is 24.3. The van der Waals surface area contributed by atoms with Crippen molar-refractivity contribution in [3.8, 4) is 11.5 Å². The molecule has 0 saturated heterocycles. The van der Waals surface area contributed by atoms with Crippen molar-refractivity contribution in [2.75, 3.05) is 11.9 Å². The van der Waals surface area contributed by atoms with E-state index in [-0.39, 0.29) is 11.8 Å². The molecule has 7 nitrogen and oxygen atoms in total. The Bertz CT molecular complexity index is 1170. The van der Waals surface area contributed by atoms with E-state index in [0.717, 1.165) is 5.56 Å². The first kappa shape index (κ1) is 24.8. The van der Waals surface area contributed by atoms with Gasteiger partial charge in [0.25, 0.3) is 5.91 Å². The summed E-state index contributed by atoms with van der Waals surface area (Å²) in [6.07, 6.45) is 0.874. The lowest BCUT2D eigenvalue weighted by atomic mass is 10.1. The Morgan fingerprint density at radius 1 is 0.941 bits per heavy atom. The van der Waals surface area contributed by atoms with Crippen LogP contribution in [-0.2, 0) is 16.1 Å². The van der Waals surface area contributed by atoms with Crippen molar-refractivity contribution >= 4 is 35.1 Å². The third-order valence-corrected chi connectivity index (χ3v) is 4.99. The molecule has 0 bridgehead atoms. The topological polar surface area (TPSA) is 93.7 Å². The number of para-hydroxylation sites is 1. The highest BCUT2D eigenvalue weighted by atomic mass is 35.5. The normalized spacial score (nSPS) is 10.3. The summed E-state index contributed by atoms with van der Waals surface area (Å²) >= 11 is 6.04. The Kier molecular flexibility index (Phi) is 9.05. The molecule has 0 aliphatic rings. The van der Waals surface area contributed by atoms with Crippen LogP contribution >= 0.6 is 11.6 Å². The lowest BCUT2D eigenvalue weighted by molar-refractivity contribution is -0.131. The number of halogens is 1. The molecule has 176 valence electrons. The van der Waals surface area contributed by atoms with Crippen LogP contribution in [0.2, 0.25) is 5.02 Å². The van der Waals surface area contributed by atoms with Crippen LogP contribution in [0.1, 0.15) is 35.7 Å². The minimum Gasteiger partial charge on any atom is -0.492 e. The van der Waals surface area contributed by atoms with Gasteiger partial charge in [-0.05, 0) is 54.4 Å². The SMILES string of the molecule is CC(=O)Oc1cccc(C(=O)Nc2cccc(CNC(=O)CCCOc3ccccc3Cl)c2)c1. The first-order valence-corrected chi connectivity index (χ1v) is 11.1. The number of carbonyl (C=O) groups is 3. The number of anilines is 1. The van der Waals surface area contributed by atoms with Crippen LogP contribution in [0.3, 0.4) is 0 Å². The van der Waals surface area contributed by atoms with Crippen LogP contribution in [0.5, 0.6) is 11.5 Å². The average molecular weight is 481 g/mol. The molecular weight excluding hydrogens is 456 g/mol. The molecule has 0 unspecified atom stereocenters. The molecule has 0 aliphatic heterocycles. The van der Waals surface area contributed by atoms with Gasteiger partial charge >= 0.3 is 5.97 Å². The van der Waals surface area contributed by atoms with Crippen molar-refractivity contribution < 1.29 is 23.9 Å². The fraction of sp³-hybridized carbons (Fsp3) is 0.192. The van der Waals surface area contributed by atoms with E-state index in [1.807, 2.05) is 18.2 Å². The van der Waals surface area contributed by atoms with Crippen molar-refractivity contribution in [1.29, 1.82) is 0 Å². The quantitative estimate of drug-likeness (QED) is 0.242. The van der Waals surface area contributed by atoms with E-state index in [1.54, 1.807) is 48.5 Å². The van der Waals surface area contributed by atoms with Gasteiger partial charge < -0.3 is 20.1 Å². The van der Waals surface area contributed by atoms with Gasteiger partial charge in [0.15, 0.2) is 0 Å². The summed E-state index contributed by atoms with van der Waals surface area (Å²) in [5.74, 6) is 0.00374. The van der Waals surface area contributed by atoms with E-state index < -0.39 is 5.97 Å². The van der Waals surface area contributed by atoms with E-state index in [0.29, 0.717) is 53.8 Å². The van der Waals surface area contributed by atoms with Crippen molar-refractivity contribution in [2.45, 2.75) is 26.3 Å². The Morgan fingerprint density at radius 2 is 1.74 bits per heavy atom. The second-order valence-corrected chi connectivity index (χ2v) is 7.84. The molecule has 0 aromatic heterocycles. The van der Waals surface area contributed by atoms with Gasteiger partial charge in [-0.15, -0.1) is 0 Å². The van der Waals surface area contributed by atoms with Crippen molar-refractivity contribution in [3.05, 3.63) is 88.9 Å². The van der Waals surface area contributed by atoms with Crippen LogP contribution in [0.15, 0.2) is 72.8 Å². The largest absolute Gasteiger partial charge is 0.492 e. The summed E-state index contributed by atoms with van der Waals surface area (Å²) in [4.78, 5) is 35.8.